The van der Waals surface area contributed by atoms with E-state index in [1.54, 1.807) is 0 Å². The Morgan fingerprint density at radius 3 is 1.90 bits per heavy atom. The molecule has 2 nitrogen and oxygen atoms in total. The van der Waals surface area contributed by atoms with Gasteiger partial charge in [-0.05, 0) is 37.5 Å². The van der Waals surface area contributed by atoms with E-state index in [0.29, 0.717) is 0 Å². The van der Waals surface area contributed by atoms with Gasteiger partial charge in [0.05, 0.1) is 6.07 Å². The number of fused-ring (bicyclic) bond motifs is 3. The summed E-state index contributed by atoms with van der Waals surface area (Å²) in [7, 11) is 0. The molecule has 2 rings (SSSR count). The minimum atomic E-state index is 0.824. The largest absolute Gasteiger partial charge is 0.401 e. The third kappa shape index (κ3) is 4.85. The van der Waals surface area contributed by atoms with Crippen LogP contribution in [0.25, 0.3) is 0 Å². The van der Waals surface area contributed by atoms with Crippen LogP contribution in [0.15, 0.2) is 11.3 Å². The fourth-order valence-electron chi connectivity index (χ4n) is 3.88. The lowest BCUT2D eigenvalue weighted by Gasteiger charge is -2.23. The van der Waals surface area contributed by atoms with Gasteiger partial charge in [-0.2, -0.15) is 5.26 Å². The van der Waals surface area contributed by atoms with Gasteiger partial charge in [-0.3, -0.25) is 0 Å². The Morgan fingerprint density at radius 1 is 0.750 bits per heavy atom. The third-order valence-electron chi connectivity index (χ3n) is 5.35. The van der Waals surface area contributed by atoms with Gasteiger partial charge in [0.25, 0.3) is 0 Å². The Morgan fingerprint density at radius 2 is 1.30 bits per heavy atom. The van der Waals surface area contributed by atoms with Gasteiger partial charge >= 0.3 is 0 Å². The molecule has 2 atom stereocenters. The highest BCUT2D eigenvalue weighted by Gasteiger charge is 2.18. The van der Waals surface area contributed by atoms with Gasteiger partial charge in [0.15, 0.2) is 0 Å². The summed E-state index contributed by atoms with van der Waals surface area (Å²) in [5.41, 5.74) is 7.92. The van der Waals surface area contributed by atoms with Gasteiger partial charge in [0.1, 0.15) is 0 Å². The average Bonchev–Trinajstić information content (AvgIpc) is 2.51. The Labute approximate surface area is 124 Å². The van der Waals surface area contributed by atoms with Gasteiger partial charge in [0.2, 0.25) is 0 Å². The fraction of sp³-hybridized carbons (Fsp3) is 0.833. The molecule has 0 spiro atoms. The van der Waals surface area contributed by atoms with Gasteiger partial charge < -0.3 is 5.73 Å². The molecule has 0 aromatic rings. The summed E-state index contributed by atoms with van der Waals surface area (Å²) in [5.74, 6) is 1.66. The Kier molecular flexibility index (Phi) is 6.43. The van der Waals surface area contributed by atoms with Crippen molar-refractivity contribution >= 4 is 0 Å². The van der Waals surface area contributed by atoms with Crippen molar-refractivity contribution in [3.05, 3.63) is 11.3 Å². The SMILES string of the molecule is N#C/C1=C(\N)CC[C@H]2CCCCCCCC(CC1)CC2. The highest BCUT2D eigenvalue weighted by atomic mass is 14.6. The molecule has 2 bridgehead atoms. The Bertz CT molecular complexity index is 364. The summed E-state index contributed by atoms with van der Waals surface area (Å²) >= 11 is 0. The molecule has 2 N–H and O–H groups in total. The van der Waals surface area contributed by atoms with Gasteiger partial charge in [-0.1, -0.05) is 57.8 Å². The van der Waals surface area contributed by atoms with Crippen LogP contribution in [0.1, 0.15) is 83.5 Å². The molecule has 20 heavy (non-hydrogen) atoms. The van der Waals surface area contributed by atoms with Crippen LogP contribution in [0.4, 0.5) is 0 Å². The zero-order chi connectivity index (χ0) is 14.2. The predicted octanol–water partition coefficient (Wildman–Crippen LogP) is 5.05. The van der Waals surface area contributed by atoms with E-state index < -0.39 is 0 Å². The number of rotatable bonds is 0. The summed E-state index contributed by atoms with van der Waals surface area (Å²) in [4.78, 5) is 0. The number of allylic oxidation sites excluding steroid dienone is 2. The first-order valence-electron chi connectivity index (χ1n) is 8.67. The van der Waals surface area contributed by atoms with E-state index in [-0.39, 0.29) is 0 Å². The van der Waals surface area contributed by atoms with Crippen molar-refractivity contribution in [1.29, 1.82) is 5.26 Å². The molecule has 2 heteroatoms. The lowest BCUT2D eigenvalue weighted by Crippen LogP contribution is -2.12. The van der Waals surface area contributed by atoms with Crippen LogP contribution in [-0.4, -0.2) is 0 Å². The number of hydrogen-bond donors (Lipinski definition) is 1. The zero-order valence-corrected chi connectivity index (χ0v) is 12.9. The number of hydrogen-bond acceptors (Lipinski definition) is 2. The second-order valence-corrected chi connectivity index (χ2v) is 6.85. The van der Waals surface area contributed by atoms with Crippen LogP contribution in [0, 0.1) is 23.2 Å². The van der Waals surface area contributed by atoms with Crippen molar-refractivity contribution in [2.24, 2.45) is 17.6 Å². The van der Waals surface area contributed by atoms with Crippen molar-refractivity contribution in [2.75, 3.05) is 0 Å². The van der Waals surface area contributed by atoms with Gasteiger partial charge in [-0.25, -0.2) is 0 Å². The summed E-state index contributed by atoms with van der Waals surface area (Å²) in [5, 5.41) is 9.29. The van der Waals surface area contributed by atoms with Gasteiger partial charge in [0, 0.05) is 11.3 Å². The molecular formula is C18H30N2. The first-order chi connectivity index (χ1) is 9.79. The fourth-order valence-corrected chi connectivity index (χ4v) is 3.88. The maximum absolute atomic E-state index is 9.29. The number of nitrogens with zero attached hydrogens (tertiary/aromatic N) is 1. The Hall–Kier alpha value is -0.970. The van der Waals surface area contributed by atoms with Crippen molar-refractivity contribution in [2.45, 2.75) is 83.5 Å². The van der Waals surface area contributed by atoms with Crippen LogP contribution in [0.3, 0.4) is 0 Å². The Balaban J connectivity index is 2.08. The minimum absolute atomic E-state index is 0.824. The van der Waals surface area contributed by atoms with E-state index in [9.17, 15) is 5.26 Å². The van der Waals surface area contributed by atoms with Crippen molar-refractivity contribution < 1.29 is 0 Å². The van der Waals surface area contributed by atoms with Crippen molar-refractivity contribution in [3.63, 3.8) is 0 Å². The summed E-state index contributed by atoms with van der Waals surface area (Å²) in [6, 6.07) is 2.36. The standard InChI is InChI=1S/C18H30N2/c19-14-17-12-10-15-6-4-2-1-3-5-7-16(9-8-15)11-13-18(17)20/h15-16H,1-13,20H2/b18-17-/t15?,16-/m0/s1. The molecule has 0 amide bonds. The maximum Gasteiger partial charge on any atom is 0.0965 e. The van der Waals surface area contributed by atoms with Gasteiger partial charge in [-0.15, -0.1) is 0 Å². The third-order valence-corrected chi connectivity index (χ3v) is 5.35. The van der Waals surface area contributed by atoms with Crippen LogP contribution >= 0.6 is 0 Å². The molecule has 0 aliphatic heterocycles. The molecule has 0 radical (unpaired) electrons. The highest BCUT2D eigenvalue weighted by molar-refractivity contribution is 5.26. The lowest BCUT2D eigenvalue weighted by atomic mass is 9.83. The normalized spacial score (nSPS) is 34.0. The molecular weight excluding hydrogens is 244 g/mol. The zero-order valence-electron chi connectivity index (χ0n) is 12.9. The molecule has 2 aliphatic carbocycles. The summed E-state index contributed by atoms with van der Waals surface area (Å²) in [6.45, 7) is 0. The molecule has 0 saturated heterocycles. The first kappa shape index (κ1) is 15.4. The predicted molar refractivity (Wildman–Crippen MR) is 83.8 cm³/mol. The molecule has 2 aliphatic rings. The molecule has 0 heterocycles. The van der Waals surface area contributed by atoms with Crippen molar-refractivity contribution in [1.82, 2.24) is 0 Å². The first-order valence-corrected chi connectivity index (χ1v) is 8.67. The smallest absolute Gasteiger partial charge is 0.0965 e. The molecule has 112 valence electrons. The molecule has 1 unspecified atom stereocenters. The van der Waals surface area contributed by atoms with Crippen LogP contribution in [-0.2, 0) is 0 Å². The number of nitriles is 1. The monoisotopic (exact) mass is 274 g/mol. The molecule has 1 saturated carbocycles. The van der Waals surface area contributed by atoms with E-state index in [1.165, 1.54) is 70.6 Å². The van der Waals surface area contributed by atoms with E-state index in [1.807, 2.05) is 0 Å². The second-order valence-electron chi connectivity index (χ2n) is 6.85. The second kappa shape index (κ2) is 8.35. The van der Waals surface area contributed by atoms with E-state index in [4.69, 9.17) is 5.73 Å². The number of nitrogens with two attached hydrogens (primary N) is 1. The van der Waals surface area contributed by atoms with Crippen LogP contribution < -0.4 is 5.73 Å². The van der Waals surface area contributed by atoms with E-state index in [2.05, 4.69) is 6.07 Å². The topological polar surface area (TPSA) is 49.8 Å². The van der Waals surface area contributed by atoms with Crippen molar-refractivity contribution in [3.8, 4) is 6.07 Å². The van der Waals surface area contributed by atoms with E-state index in [0.717, 1.165) is 35.9 Å². The minimum Gasteiger partial charge on any atom is -0.401 e. The molecule has 0 aromatic heterocycles. The maximum atomic E-state index is 9.29. The quantitative estimate of drug-likeness (QED) is 0.671. The summed E-state index contributed by atoms with van der Waals surface area (Å²) < 4.78 is 0. The van der Waals surface area contributed by atoms with Crippen LogP contribution in [0.5, 0.6) is 0 Å². The van der Waals surface area contributed by atoms with Crippen LogP contribution in [0.2, 0.25) is 0 Å². The molecule has 1 fully saturated rings. The lowest BCUT2D eigenvalue weighted by molar-refractivity contribution is 0.327. The van der Waals surface area contributed by atoms with E-state index >= 15 is 0 Å². The summed E-state index contributed by atoms with van der Waals surface area (Å²) in [6.07, 6.45) is 16.8. The molecule has 0 aromatic carbocycles. The highest BCUT2D eigenvalue weighted by Crippen LogP contribution is 2.32. The average molecular weight is 274 g/mol.